The minimum atomic E-state index is -0.498. The van der Waals surface area contributed by atoms with Gasteiger partial charge in [0.05, 0.1) is 28.9 Å². The number of carbonyl (C=O) groups excluding carboxylic acids is 2. The van der Waals surface area contributed by atoms with Crippen LogP contribution in [-0.4, -0.2) is 23.4 Å². The van der Waals surface area contributed by atoms with Gasteiger partial charge in [-0.05, 0) is 74.1 Å². The standard InChI is InChI=1S/C28H27N3O3S/c1-3-34-18-11-9-17(10-12-18)23-15-21(19-6-4-5-7-22(19)30-23)27(33)31-28-25(26(29)32)20-13-8-16(2)14-24(20)35-28/h4-7,9-12,15-16H,3,8,13-14H2,1-2H3,(H2,29,32)(H,31,33). The topological polar surface area (TPSA) is 94.3 Å². The number of carbonyl (C=O) groups is 2. The molecule has 3 N–H and O–H groups in total. The molecule has 4 aromatic rings. The third-order valence-corrected chi connectivity index (χ3v) is 7.58. The van der Waals surface area contributed by atoms with Crippen molar-refractivity contribution in [2.24, 2.45) is 11.7 Å². The monoisotopic (exact) mass is 485 g/mol. The summed E-state index contributed by atoms with van der Waals surface area (Å²) in [6.07, 6.45) is 2.72. The summed E-state index contributed by atoms with van der Waals surface area (Å²) in [5.74, 6) is 0.545. The molecule has 0 fully saturated rings. The maximum atomic E-state index is 13.6. The van der Waals surface area contributed by atoms with Crippen molar-refractivity contribution in [3.05, 3.63) is 76.2 Å². The van der Waals surface area contributed by atoms with Crippen LogP contribution in [0.2, 0.25) is 0 Å². The van der Waals surface area contributed by atoms with E-state index in [1.54, 1.807) is 6.07 Å². The Morgan fingerprint density at radius 3 is 2.69 bits per heavy atom. The number of benzene rings is 2. The summed E-state index contributed by atoms with van der Waals surface area (Å²) in [6, 6.07) is 17.0. The molecule has 178 valence electrons. The third-order valence-electron chi connectivity index (χ3n) is 6.41. The molecular formula is C28H27N3O3S. The van der Waals surface area contributed by atoms with Crippen molar-refractivity contribution in [3.63, 3.8) is 0 Å². The molecule has 7 heteroatoms. The third kappa shape index (κ3) is 4.51. The van der Waals surface area contributed by atoms with Gasteiger partial charge in [-0.3, -0.25) is 9.59 Å². The molecule has 1 aliphatic carbocycles. The fourth-order valence-corrected chi connectivity index (χ4v) is 6.08. The molecule has 2 heterocycles. The lowest BCUT2D eigenvalue weighted by molar-refractivity contribution is 0.1000. The van der Waals surface area contributed by atoms with E-state index in [0.29, 0.717) is 34.3 Å². The number of nitrogens with two attached hydrogens (primary N) is 1. The van der Waals surface area contributed by atoms with E-state index in [0.717, 1.165) is 51.9 Å². The molecule has 2 aromatic carbocycles. The Labute approximate surface area is 208 Å². The SMILES string of the molecule is CCOc1ccc(-c2cc(C(=O)Nc3sc4c(c3C(N)=O)CCC(C)C4)c3ccccc3n2)cc1. The van der Waals surface area contributed by atoms with Crippen LogP contribution < -0.4 is 15.8 Å². The number of hydrogen-bond donors (Lipinski definition) is 2. The molecule has 0 radical (unpaired) electrons. The highest BCUT2D eigenvalue weighted by Crippen LogP contribution is 2.40. The van der Waals surface area contributed by atoms with Crippen molar-refractivity contribution in [2.45, 2.75) is 33.1 Å². The van der Waals surface area contributed by atoms with Gasteiger partial charge in [-0.1, -0.05) is 25.1 Å². The van der Waals surface area contributed by atoms with Gasteiger partial charge in [-0.15, -0.1) is 11.3 Å². The van der Waals surface area contributed by atoms with Crippen molar-refractivity contribution >= 4 is 39.1 Å². The number of nitrogens with one attached hydrogen (secondary N) is 1. The molecule has 0 saturated heterocycles. The van der Waals surface area contributed by atoms with Crippen molar-refractivity contribution in [1.82, 2.24) is 4.98 Å². The molecule has 35 heavy (non-hydrogen) atoms. The van der Waals surface area contributed by atoms with E-state index in [1.807, 2.05) is 55.5 Å². The van der Waals surface area contributed by atoms with E-state index in [4.69, 9.17) is 15.5 Å². The Bertz CT molecular complexity index is 1430. The molecule has 2 amide bonds. The van der Waals surface area contributed by atoms with Crippen LogP contribution in [0.3, 0.4) is 0 Å². The molecular weight excluding hydrogens is 458 g/mol. The first-order valence-electron chi connectivity index (χ1n) is 11.8. The Hall–Kier alpha value is -3.71. The van der Waals surface area contributed by atoms with Crippen molar-refractivity contribution < 1.29 is 14.3 Å². The smallest absolute Gasteiger partial charge is 0.257 e. The minimum absolute atomic E-state index is 0.287. The van der Waals surface area contributed by atoms with E-state index in [-0.39, 0.29) is 5.91 Å². The second-order valence-electron chi connectivity index (χ2n) is 8.90. The number of hydrogen-bond acceptors (Lipinski definition) is 5. The van der Waals surface area contributed by atoms with Crippen LogP contribution in [0.1, 0.15) is 51.4 Å². The summed E-state index contributed by atoms with van der Waals surface area (Å²) < 4.78 is 5.55. The van der Waals surface area contributed by atoms with Gasteiger partial charge >= 0.3 is 0 Å². The minimum Gasteiger partial charge on any atom is -0.494 e. The number of anilines is 1. The molecule has 1 aliphatic rings. The number of thiophene rings is 1. The molecule has 2 aromatic heterocycles. The van der Waals surface area contributed by atoms with Crippen molar-refractivity contribution in [3.8, 4) is 17.0 Å². The fraction of sp³-hybridized carbons (Fsp3) is 0.250. The predicted molar refractivity (Wildman–Crippen MR) is 140 cm³/mol. The van der Waals surface area contributed by atoms with Gasteiger partial charge < -0.3 is 15.8 Å². The molecule has 0 aliphatic heterocycles. The fourth-order valence-electron chi connectivity index (χ4n) is 4.67. The van der Waals surface area contributed by atoms with E-state index in [1.165, 1.54) is 11.3 Å². The quantitative estimate of drug-likeness (QED) is 0.359. The van der Waals surface area contributed by atoms with Gasteiger partial charge in [-0.25, -0.2) is 4.98 Å². The van der Waals surface area contributed by atoms with Gasteiger partial charge in [0.2, 0.25) is 0 Å². The van der Waals surface area contributed by atoms with Crippen molar-refractivity contribution in [1.29, 1.82) is 0 Å². The predicted octanol–water partition coefficient (Wildman–Crippen LogP) is 5.84. The second kappa shape index (κ2) is 9.50. The van der Waals surface area contributed by atoms with Crippen LogP contribution in [0.25, 0.3) is 22.2 Å². The zero-order chi connectivity index (χ0) is 24.5. The number of para-hydroxylation sites is 1. The van der Waals surface area contributed by atoms with Crippen LogP contribution >= 0.6 is 11.3 Å². The average Bonchev–Trinajstić information content (AvgIpc) is 3.21. The van der Waals surface area contributed by atoms with Crippen LogP contribution in [-0.2, 0) is 12.8 Å². The number of aromatic nitrogens is 1. The first-order valence-corrected chi connectivity index (χ1v) is 12.6. The van der Waals surface area contributed by atoms with Gasteiger partial charge in [-0.2, -0.15) is 0 Å². The number of pyridine rings is 1. The molecule has 0 bridgehead atoms. The first-order chi connectivity index (χ1) is 16.9. The first kappa shape index (κ1) is 23.1. The lowest BCUT2D eigenvalue weighted by Crippen LogP contribution is -2.19. The highest BCUT2D eigenvalue weighted by molar-refractivity contribution is 7.17. The maximum absolute atomic E-state index is 13.6. The van der Waals surface area contributed by atoms with Crippen LogP contribution in [0.4, 0.5) is 5.00 Å². The van der Waals surface area contributed by atoms with Crippen molar-refractivity contribution in [2.75, 3.05) is 11.9 Å². The molecule has 1 unspecified atom stereocenters. The van der Waals surface area contributed by atoms with Crippen LogP contribution in [0.15, 0.2) is 54.6 Å². The van der Waals surface area contributed by atoms with E-state index in [2.05, 4.69) is 12.2 Å². The Kier molecular flexibility index (Phi) is 6.26. The van der Waals surface area contributed by atoms with E-state index in [9.17, 15) is 9.59 Å². The summed E-state index contributed by atoms with van der Waals surface area (Å²) in [7, 11) is 0. The molecule has 0 saturated carbocycles. The lowest BCUT2D eigenvalue weighted by Gasteiger charge is -2.18. The Morgan fingerprint density at radius 2 is 1.94 bits per heavy atom. The zero-order valence-electron chi connectivity index (χ0n) is 19.8. The number of primary amides is 1. The lowest BCUT2D eigenvalue weighted by atomic mass is 9.88. The zero-order valence-corrected chi connectivity index (χ0v) is 20.6. The maximum Gasteiger partial charge on any atom is 0.257 e. The van der Waals surface area contributed by atoms with E-state index >= 15 is 0 Å². The summed E-state index contributed by atoms with van der Waals surface area (Å²) in [5, 5.41) is 4.29. The summed E-state index contributed by atoms with van der Waals surface area (Å²) in [4.78, 5) is 31.9. The normalized spacial score (nSPS) is 15.0. The number of amides is 2. The molecule has 1 atom stereocenters. The molecule has 0 spiro atoms. The van der Waals surface area contributed by atoms with Crippen LogP contribution in [0, 0.1) is 5.92 Å². The molecule has 5 rings (SSSR count). The largest absolute Gasteiger partial charge is 0.494 e. The number of fused-ring (bicyclic) bond motifs is 2. The highest BCUT2D eigenvalue weighted by atomic mass is 32.1. The van der Waals surface area contributed by atoms with Crippen LogP contribution in [0.5, 0.6) is 5.75 Å². The number of ether oxygens (including phenoxy) is 1. The Morgan fingerprint density at radius 1 is 1.17 bits per heavy atom. The van der Waals surface area contributed by atoms with Gasteiger partial charge in [0.15, 0.2) is 0 Å². The summed E-state index contributed by atoms with van der Waals surface area (Å²) in [6.45, 7) is 4.74. The number of nitrogens with zero attached hydrogens (tertiary/aromatic N) is 1. The second-order valence-corrected chi connectivity index (χ2v) is 10.0. The average molecular weight is 486 g/mol. The summed E-state index contributed by atoms with van der Waals surface area (Å²) >= 11 is 1.47. The Balaban J connectivity index is 1.55. The van der Waals surface area contributed by atoms with Gasteiger partial charge in [0.1, 0.15) is 10.8 Å². The van der Waals surface area contributed by atoms with E-state index < -0.39 is 5.91 Å². The van der Waals surface area contributed by atoms with Gasteiger partial charge in [0, 0.05) is 15.8 Å². The number of rotatable bonds is 6. The van der Waals surface area contributed by atoms with Gasteiger partial charge in [0.25, 0.3) is 11.8 Å². The highest BCUT2D eigenvalue weighted by Gasteiger charge is 2.28. The molecule has 6 nitrogen and oxygen atoms in total. The summed E-state index contributed by atoms with van der Waals surface area (Å²) in [5.41, 5.74) is 9.98.